The van der Waals surface area contributed by atoms with Crippen LogP contribution in [0.25, 0.3) is 0 Å². The molecule has 4 rings (SSSR count). The summed E-state index contributed by atoms with van der Waals surface area (Å²) in [6, 6.07) is 11.7. The normalized spacial score (nSPS) is 20.7. The molecule has 8 heteroatoms. The highest BCUT2D eigenvalue weighted by atomic mass is 32.2. The van der Waals surface area contributed by atoms with Gasteiger partial charge >= 0.3 is 0 Å². The Kier molecular flexibility index (Phi) is 4.79. The van der Waals surface area contributed by atoms with Crippen molar-refractivity contribution in [2.75, 3.05) is 24.7 Å². The van der Waals surface area contributed by atoms with Crippen molar-refractivity contribution >= 4 is 23.0 Å². The molecule has 0 radical (unpaired) electrons. The van der Waals surface area contributed by atoms with E-state index in [2.05, 4.69) is 5.32 Å². The molecule has 2 aromatic carbocycles. The number of rotatable bonds is 3. The highest BCUT2D eigenvalue weighted by molar-refractivity contribution is 7.89. The van der Waals surface area contributed by atoms with Gasteiger partial charge in [0.05, 0.1) is 18.0 Å². The van der Waals surface area contributed by atoms with Crippen LogP contribution in [0, 0.1) is 11.6 Å². The molecule has 1 spiro atoms. The van der Waals surface area contributed by atoms with E-state index >= 15 is 0 Å². The first-order valence-corrected chi connectivity index (χ1v) is 9.84. The van der Waals surface area contributed by atoms with Crippen LogP contribution in [0.4, 0.5) is 14.5 Å². The highest BCUT2D eigenvalue weighted by Crippen LogP contribution is 2.37. The van der Waals surface area contributed by atoms with Gasteiger partial charge in [-0.3, -0.25) is 4.79 Å². The number of hydrogen-bond acceptors (Lipinski definition) is 4. The van der Waals surface area contributed by atoms with Gasteiger partial charge in [0.1, 0.15) is 17.2 Å². The first-order valence-electron chi connectivity index (χ1n) is 8.73. The van der Waals surface area contributed by atoms with Crippen LogP contribution in [-0.2, 0) is 16.2 Å². The van der Waals surface area contributed by atoms with Crippen molar-refractivity contribution in [3.8, 4) is 0 Å². The molecule has 142 valence electrons. The number of carbonyl (C=O) groups is 1. The standard InChI is InChI=1S/C19H19F2N3O2S/c20-14-1-5-16(6-2-14)24-13-22-18(25)19(24)9-11-23(12-10-19)27(26)17-7-3-15(21)4-8-17/h1-8H,9-13H2,(H,22,25). The fourth-order valence-electron chi connectivity index (χ4n) is 3.77. The molecule has 1 atom stereocenters. The van der Waals surface area contributed by atoms with E-state index in [9.17, 15) is 18.1 Å². The minimum atomic E-state index is -1.40. The number of amides is 1. The molecule has 2 fully saturated rings. The molecule has 2 saturated heterocycles. The SMILES string of the molecule is O=C1NCN(c2ccc(F)cc2)C12CCN([S+]([O-])c1ccc(F)cc1)CC2. The first kappa shape index (κ1) is 18.2. The molecule has 1 N–H and O–H groups in total. The number of benzene rings is 2. The van der Waals surface area contributed by atoms with Gasteiger partial charge in [-0.2, -0.15) is 0 Å². The lowest BCUT2D eigenvalue weighted by Crippen LogP contribution is -2.57. The maximum absolute atomic E-state index is 13.2. The number of nitrogens with one attached hydrogen (secondary N) is 1. The first-order chi connectivity index (χ1) is 13.0. The summed E-state index contributed by atoms with van der Waals surface area (Å²) in [5.74, 6) is -0.749. The van der Waals surface area contributed by atoms with Gasteiger partial charge in [0.25, 0.3) is 0 Å². The molecule has 5 nitrogen and oxygen atoms in total. The van der Waals surface area contributed by atoms with Gasteiger partial charge < -0.3 is 14.8 Å². The van der Waals surface area contributed by atoms with Gasteiger partial charge in [-0.15, -0.1) is 4.31 Å². The van der Waals surface area contributed by atoms with Crippen LogP contribution in [0.2, 0.25) is 0 Å². The van der Waals surface area contributed by atoms with Crippen molar-refractivity contribution in [3.05, 3.63) is 60.2 Å². The van der Waals surface area contributed by atoms with E-state index in [0.717, 1.165) is 5.69 Å². The molecule has 2 aromatic rings. The van der Waals surface area contributed by atoms with Crippen molar-refractivity contribution in [2.45, 2.75) is 23.3 Å². The van der Waals surface area contributed by atoms with Gasteiger partial charge in [-0.25, -0.2) is 8.78 Å². The fraction of sp³-hybridized carbons (Fsp3) is 0.316. The lowest BCUT2D eigenvalue weighted by Gasteiger charge is -2.42. The zero-order valence-electron chi connectivity index (χ0n) is 14.5. The minimum Gasteiger partial charge on any atom is -0.593 e. The van der Waals surface area contributed by atoms with E-state index in [1.54, 1.807) is 16.4 Å². The van der Waals surface area contributed by atoms with E-state index in [4.69, 9.17) is 0 Å². The predicted molar refractivity (Wildman–Crippen MR) is 98.2 cm³/mol. The Morgan fingerprint density at radius 3 is 2.11 bits per heavy atom. The molecule has 0 aliphatic carbocycles. The summed E-state index contributed by atoms with van der Waals surface area (Å²) >= 11 is -1.40. The van der Waals surface area contributed by atoms with Crippen LogP contribution < -0.4 is 10.2 Å². The maximum atomic E-state index is 13.2. The monoisotopic (exact) mass is 391 g/mol. The van der Waals surface area contributed by atoms with Gasteiger partial charge in [-0.05, 0) is 61.4 Å². The molecule has 2 aliphatic rings. The third-order valence-corrected chi connectivity index (χ3v) is 6.78. The lowest BCUT2D eigenvalue weighted by atomic mass is 9.86. The Morgan fingerprint density at radius 1 is 0.963 bits per heavy atom. The second-order valence-corrected chi connectivity index (χ2v) is 8.22. The third kappa shape index (κ3) is 3.28. The Morgan fingerprint density at radius 2 is 1.52 bits per heavy atom. The molecular formula is C19H19F2N3O2S. The quantitative estimate of drug-likeness (QED) is 0.817. The Hall–Kier alpha value is -2.16. The predicted octanol–water partition coefficient (Wildman–Crippen LogP) is 2.42. The van der Waals surface area contributed by atoms with Crippen molar-refractivity contribution in [3.63, 3.8) is 0 Å². The summed E-state index contributed by atoms with van der Waals surface area (Å²) in [7, 11) is 0. The number of nitrogens with zero attached hydrogens (tertiary/aromatic N) is 2. The largest absolute Gasteiger partial charge is 0.593 e. The smallest absolute Gasteiger partial charge is 0.247 e. The molecule has 2 aliphatic heterocycles. The van der Waals surface area contributed by atoms with E-state index in [1.807, 2.05) is 4.90 Å². The van der Waals surface area contributed by atoms with E-state index in [0.29, 0.717) is 37.5 Å². The molecule has 2 heterocycles. The number of carbonyl (C=O) groups excluding carboxylic acids is 1. The van der Waals surface area contributed by atoms with Gasteiger partial charge in [0.15, 0.2) is 4.90 Å². The topological polar surface area (TPSA) is 58.6 Å². The van der Waals surface area contributed by atoms with Gasteiger partial charge in [0.2, 0.25) is 5.91 Å². The van der Waals surface area contributed by atoms with Crippen LogP contribution in [-0.4, -0.2) is 40.1 Å². The number of anilines is 1. The Labute approximate surface area is 159 Å². The van der Waals surface area contributed by atoms with Crippen molar-refractivity contribution in [1.82, 2.24) is 9.62 Å². The summed E-state index contributed by atoms with van der Waals surface area (Å²) < 4.78 is 40.9. The summed E-state index contributed by atoms with van der Waals surface area (Å²) in [4.78, 5) is 15.1. The maximum Gasteiger partial charge on any atom is 0.247 e. The Balaban J connectivity index is 1.51. The third-order valence-electron chi connectivity index (χ3n) is 5.27. The summed E-state index contributed by atoms with van der Waals surface area (Å²) in [5, 5.41) is 2.88. The molecule has 0 saturated carbocycles. The lowest BCUT2D eigenvalue weighted by molar-refractivity contribution is -0.124. The molecule has 0 aromatic heterocycles. The van der Waals surface area contributed by atoms with E-state index < -0.39 is 16.9 Å². The van der Waals surface area contributed by atoms with Crippen LogP contribution in [0.5, 0.6) is 0 Å². The van der Waals surface area contributed by atoms with Crippen molar-refractivity contribution < 1.29 is 18.1 Å². The number of hydrogen-bond donors (Lipinski definition) is 1. The van der Waals surface area contributed by atoms with Gasteiger partial charge in [-0.1, -0.05) is 0 Å². The summed E-state index contributed by atoms with van der Waals surface area (Å²) in [6.07, 6.45) is 1.01. The number of halogens is 2. The van der Waals surface area contributed by atoms with Crippen LogP contribution in [0.1, 0.15) is 12.8 Å². The van der Waals surface area contributed by atoms with Crippen LogP contribution in [0.3, 0.4) is 0 Å². The molecular weight excluding hydrogens is 372 g/mol. The second kappa shape index (κ2) is 7.10. The average Bonchev–Trinajstić information content (AvgIpc) is 2.99. The number of piperidine rings is 1. The van der Waals surface area contributed by atoms with Crippen LogP contribution >= 0.6 is 0 Å². The fourth-order valence-corrected chi connectivity index (χ4v) is 4.95. The molecule has 0 bridgehead atoms. The molecule has 1 unspecified atom stereocenters. The van der Waals surface area contributed by atoms with E-state index in [-0.39, 0.29) is 17.5 Å². The molecule has 27 heavy (non-hydrogen) atoms. The van der Waals surface area contributed by atoms with Gasteiger partial charge in [0, 0.05) is 18.8 Å². The average molecular weight is 391 g/mol. The van der Waals surface area contributed by atoms with Crippen molar-refractivity contribution in [2.24, 2.45) is 0 Å². The highest BCUT2D eigenvalue weighted by Gasteiger charge is 2.51. The van der Waals surface area contributed by atoms with E-state index in [1.165, 1.54) is 36.4 Å². The summed E-state index contributed by atoms with van der Waals surface area (Å²) in [5.41, 5.74) is 0.0595. The van der Waals surface area contributed by atoms with Crippen molar-refractivity contribution in [1.29, 1.82) is 0 Å². The summed E-state index contributed by atoms with van der Waals surface area (Å²) in [6.45, 7) is 1.30. The second-order valence-electron chi connectivity index (χ2n) is 6.73. The Bertz CT molecular complexity index is 824. The molecule has 1 amide bonds. The minimum absolute atomic E-state index is 0.0564. The zero-order chi connectivity index (χ0) is 19.0. The zero-order valence-corrected chi connectivity index (χ0v) is 15.3. The van der Waals surface area contributed by atoms with Crippen LogP contribution in [0.15, 0.2) is 53.4 Å².